The maximum absolute atomic E-state index is 13.2. The summed E-state index contributed by atoms with van der Waals surface area (Å²) in [6.45, 7) is 2.21. The molecule has 0 rings (SSSR count). The van der Waals surface area contributed by atoms with E-state index in [4.69, 9.17) is 5.11 Å². The van der Waals surface area contributed by atoms with Crippen LogP contribution in [0.25, 0.3) is 0 Å². The second kappa shape index (κ2) is 11.9. The van der Waals surface area contributed by atoms with E-state index < -0.39 is 12.1 Å². The SMILES string of the molecule is CCCCCCCCCCC(F)CCC(=O)O. The number of rotatable bonds is 12. The van der Waals surface area contributed by atoms with Gasteiger partial charge in [-0.1, -0.05) is 58.3 Å². The molecule has 3 heteroatoms. The van der Waals surface area contributed by atoms with Gasteiger partial charge in [0.25, 0.3) is 0 Å². The zero-order chi connectivity index (χ0) is 12.9. The van der Waals surface area contributed by atoms with Gasteiger partial charge in [0.05, 0.1) is 0 Å². The quantitative estimate of drug-likeness (QED) is 0.506. The van der Waals surface area contributed by atoms with Crippen LogP contribution in [-0.4, -0.2) is 17.2 Å². The first-order valence-electron chi connectivity index (χ1n) is 7.02. The van der Waals surface area contributed by atoms with Crippen molar-refractivity contribution >= 4 is 5.97 Å². The van der Waals surface area contributed by atoms with E-state index in [1.54, 1.807) is 0 Å². The van der Waals surface area contributed by atoms with Gasteiger partial charge in [-0.15, -0.1) is 0 Å². The third-order valence-corrected chi connectivity index (χ3v) is 3.04. The Morgan fingerprint density at radius 3 is 2.06 bits per heavy atom. The highest BCUT2D eigenvalue weighted by atomic mass is 19.1. The van der Waals surface area contributed by atoms with Crippen LogP contribution >= 0.6 is 0 Å². The van der Waals surface area contributed by atoms with Gasteiger partial charge in [0.1, 0.15) is 6.17 Å². The molecule has 0 aliphatic heterocycles. The highest BCUT2D eigenvalue weighted by molar-refractivity contribution is 5.66. The molecule has 2 nitrogen and oxygen atoms in total. The predicted molar refractivity (Wildman–Crippen MR) is 69.0 cm³/mol. The lowest BCUT2D eigenvalue weighted by Gasteiger charge is -2.06. The molecule has 1 atom stereocenters. The molecular weight excluding hydrogens is 219 g/mol. The van der Waals surface area contributed by atoms with Gasteiger partial charge < -0.3 is 5.11 Å². The van der Waals surface area contributed by atoms with Gasteiger partial charge in [-0.25, -0.2) is 4.39 Å². The number of aliphatic carboxylic acids is 1. The molecule has 1 unspecified atom stereocenters. The third kappa shape index (κ3) is 13.3. The summed E-state index contributed by atoms with van der Waals surface area (Å²) in [6, 6.07) is 0. The van der Waals surface area contributed by atoms with Crippen molar-refractivity contribution in [2.75, 3.05) is 0 Å². The average Bonchev–Trinajstić information content (AvgIpc) is 2.30. The molecule has 0 amide bonds. The molecule has 0 aromatic carbocycles. The summed E-state index contributed by atoms with van der Waals surface area (Å²) in [5.74, 6) is -0.899. The van der Waals surface area contributed by atoms with E-state index >= 15 is 0 Å². The molecule has 0 spiro atoms. The summed E-state index contributed by atoms with van der Waals surface area (Å²) in [7, 11) is 0. The van der Waals surface area contributed by atoms with E-state index in [9.17, 15) is 9.18 Å². The van der Waals surface area contributed by atoms with Crippen LogP contribution < -0.4 is 0 Å². The lowest BCUT2D eigenvalue weighted by Crippen LogP contribution is -2.04. The highest BCUT2D eigenvalue weighted by Crippen LogP contribution is 2.14. The molecule has 0 aliphatic rings. The number of carboxylic acids is 1. The van der Waals surface area contributed by atoms with Gasteiger partial charge in [-0.2, -0.15) is 0 Å². The van der Waals surface area contributed by atoms with Crippen molar-refractivity contribution < 1.29 is 14.3 Å². The Morgan fingerprint density at radius 1 is 1.00 bits per heavy atom. The number of hydrogen-bond acceptors (Lipinski definition) is 1. The van der Waals surface area contributed by atoms with E-state index in [1.165, 1.54) is 38.5 Å². The summed E-state index contributed by atoms with van der Waals surface area (Å²) in [4.78, 5) is 10.2. The van der Waals surface area contributed by atoms with Crippen molar-refractivity contribution in [2.45, 2.75) is 83.7 Å². The lowest BCUT2D eigenvalue weighted by molar-refractivity contribution is -0.137. The molecule has 0 radical (unpaired) electrons. The first-order valence-corrected chi connectivity index (χ1v) is 7.02. The fourth-order valence-electron chi connectivity index (χ4n) is 1.92. The summed E-state index contributed by atoms with van der Waals surface area (Å²) in [5.41, 5.74) is 0. The van der Waals surface area contributed by atoms with Gasteiger partial charge in [0.2, 0.25) is 0 Å². The Bertz CT molecular complexity index is 183. The van der Waals surface area contributed by atoms with Gasteiger partial charge >= 0.3 is 5.97 Å². The molecule has 0 bridgehead atoms. The van der Waals surface area contributed by atoms with E-state index in [0.717, 1.165) is 12.8 Å². The zero-order valence-corrected chi connectivity index (χ0v) is 11.1. The maximum atomic E-state index is 13.2. The van der Waals surface area contributed by atoms with Gasteiger partial charge in [0.15, 0.2) is 0 Å². The molecule has 0 aromatic rings. The van der Waals surface area contributed by atoms with Crippen LogP contribution in [0.2, 0.25) is 0 Å². The molecule has 0 heterocycles. The van der Waals surface area contributed by atoms with Crippen LogP contribution in [0.15, 0.2) is 0 Å². The molecule has 0 saturated heterocycles. The Balaban J connectivity index is 3.13. The minimum Gasteiger partial charge on any atom is -0.481 e. The monoisotopic (exact) mass is 246 g/mol. The van der Waals surface area contributed by atoms with Gasteiger partial charge in [-0.05, 0) is 12.8 Å². The third-order valence-electron chi connectivity index (χ3n) is 3.04. The van der Waals surface area contributed by atoms with Crippen LogP contribution in [0.4, 0.5) is 4.39 Å². The van der Waals surface area contributed by atoms with Gasteiger partial charge in [0, 0.05) is 6.42 Å². The Morgan fingerprint density at radius 2 is 1.53 bits per heavy atom. The standard InChI is InChI=1S/C14H27FO2/c1-2-3-4-5-6-7-8-9-10-13(15)11-12-14(16)17/h13H,2-12H2,1H3,(H,16,17). The summed E-state index contributed by atoms with van der Waals surface area (Å²) >= 11 is 0. The van der Waals surface area contributed by atoms with Crippen molar-refractivity contribution in [3.63, 3.8) is 0 Å². The Kier molecular flexibility index (Phi) is 11.5. The lowest BCUT2D eigenvalue weighted by atomic mass is 10.0. The number of alkyl halides is 1. The van der Waals surface area contributed by atoms with Crippen LogP contribution in [0.1, 0.15) is 77.6 Å². The van der Waals surface area contributed by atoms with Crippen LogP contribution in [0, 0.1) is 0 Å². The second-order valence-electron chi connectivity index (χ2n) is 4.79. The minimum atomic E-state index is -0.925. The van der Waals surface area contributed by atoms with E-state index in [0.29, 0.717) is 6.42 Å². The van der Waals surface area contributed by atoms with Crippen molar-refractivity contribution in [1.29, 1.82) is 0 Å². The van der Waals surface area contributed by atoms with Crippen molar-refractivity contribution in [3.8, 4) is 0 Å². The van der Waals surface area contributed by atoms with Gasteiger partial charge in [-0.3, -0.25) is 4.79 Å². The van der Waals surface area contributed by atoms with E-state index in [1.807, 2.05) is 0 Å². The maximum Gasteiger partial charge on any atom is 0.303 e. The number of carbonyl (C=O) groups is 1. The van der Waals surface area contributed by atoms with Crippen LogP contribution in [-0.2, 0) is 4.79 Å². The minimum absolute atomic E-state index is 0.0435. The molecular formula is C14H27FO2. The molecule has 0 fully saturated rings. The average molecular weight is 246 g/mol. The van der Waals surface area contributed by atoms with Crippen molar-refractivity contribution in [2.24, 2.45) is 0 Å². The summed E-state index contributed by atoms with van der Waals surface area (Å²) < 4.78 is 13.2. The smallest absolute Gasteiger partial charge is 0.303 e. The summed E-state index contributed by atoms with van der Waals surface area (Å²) in [6.07, 6.45) is 9.37. The van der Waals surface area contributed by atoms with E-state index in [-0.39, 0.29) is 12.8 Å². The number of carboxylic acid groups (broad SMARTS) is 1. The van der Waals surface area contributed by atoms with E-state index in [2.05, 4.69) is 6.92 Å². The molecule has 0 aliphatic carbocycles. The fourth-order valence-corrected chi connectivity index (χ4v) is 1.92. The Hall–Kier alpha value is -0.600. The molecule has 17 heavy (non-hydrogen) atoms. The van der Waals surface area contributed by atoms with Crippen molar-refractivity contribution in [1.82, 2.24) is 0 Å². The summed E-state index contributed by atoms with van der Waals surface area (Å²) in [5, 5.41) is 8.41. The fraction of sp³-hybridized carbons (Fsp3) is 0.929. The Labute approximate surface area is 105 Å². The number of hydrogen-bond donors (Lipinski definition) is 1. The first kappa shape index (κ1) is 16.4. The molecule has 102 valence electrons. The topological polar surface area (TPSA) is 37.3 Å². The number of unbranched alkanes of at least 4 members (excludes halogenated alkanes) is 7. The highest BCUT2D eigenvalue weighted by Gasteiger charge is 2.08. The van der Waals surface area contributed by atoms with Crippen molar-refractivity contribution in [3.05, 3.63) is 0 Å². The predicted octanol–water partition coefficient (Wildman–Crippen LogP) is 4.72. The van der Waals surface area contributed by atoms with Crippen LogP contribution in [0.3, 0.4) is 0 Å². The molecule has 0 aromatic heterocycles. The van der Waals surface area contributed by atoms with Crippen LogP contribution in [0.5, 0.6) is 0 Å². The molecule has 0 saturated carbocycles. The normalized spacial score (nSPS) is 12.6. The first-order chi connectivity index (χ1) is 8.16. The molecule has 1 N–H and O–H groups in total. The largest absolute Gasteiger partial charge is 0.481 e. The number of halogens is 1. The zero-order valence-electron chi connectivity index (χ0n) is 11.1. The second-order valence-corrected chi connectivity index (χ2v) is 4.79.